The van der Waals surface area contributed by atoms with Gasteiger partial charge in [0.15, 0.2) is 0 Å². The summed E-state index contributed by atoms with van der Waals surface area (Å²) < 4.78 is 38.5. The Balaban J connectivity index is 2.11. The molecule has 0 aliphatic carbocycles. The average Bonchev–Trinajstić information content (AvgIpc) is 3.07. The quantitative estimate of drug-likeness (QED) is 0.608. The van der Waals surface area contributed by atoms with E-state index in [0.29, 0.717) is 5.69 Å². The fraction of sp³-hybridized carbons (Fsp3) is 0.250. The first kappa shape index (κ1) is 20.4. The summed E-state index contributed by atoms with van der Waals surface area (Å²) in [4.78, 5) is 36.8. The highest BCUT2D eigenvalue weighted by Crippen LogP contribution is 2.29. The SMILES string of the molecule is CC(C)(C)c1[nH]cnc1C=c1[nH]c(=O)c(=Cc2cccc(C(F)(F)F)c2)[nH]c1=O. The lowest BCUT2D eigenvalue weighted by molar-refractivity contribution is -0.137. The minimum absolute atomic E-state index is 0.00575. The molecule has 3 aromatic rings. The first-order valence-electron chi connectivity index (χ1n) is 8.72. The molecule has 0 spiro atoms. The van der Waals surface area contributed by atoms with E-state index in [2.05, 4.69) is 19.9 Å². The molecule has 0 aliphatic rings. The largest absolute Gasteiger partial charge is 0.416 e. The monoisotopic (exact) mass is 404 g/mol. The van der Waals surface area contributed by atoms with E-state index in [1.54, 1.807) is 0 Å². The number of benzene rings is 1. The summed E-state index contributed by atoms with van der Waals surface area (Å²) in [5.74, 6) is 0. The van der Waals surface area contributed by atoms with Crippen molar-refractivity contribution in [3.8, 4) is 0 Å². The molecule has 0 unspecified atom stereocenters. The normalized spacial score (nSPS) is 13.9. The Morgan fingerprint density at radius 1 is 0.966 bits per heavy atom. The molecule has 3 rings (SSSR count). The van der Waals surface area contributed by atoms with E-state index in [-0.39, 0.29) is 21.7 Å². The first-order chi connectivity index (χ1) is 13.4. The van der Waals surface area contributed by atoms with Crippen LogP contribution in [-0.4, -0.2) is 19.9 Å². The van der Waals surface area contributed by atoms with Gasteiger partial charge in [0.05, 0.1) is 17.6 Å². The third-order valence-corrected chi connectivity index (χ3v) is 4.21. The molecule has 0 radical (unpaired) electrons. The third-order valence-electron chi connectivity index (χ3n) is 4.21. The maximum Gasteiger partial charge on any atom is 0.416 e. The van der Waals surface area contributed by atoms with E-state index in [1.165, 1.54) is 30.6 Å². The Hall–Kier alpha value is -3.36. The van der Waals surface area contributed by atoms with Crippen LogP contribution < -0.4 is 21.8 Å². The number of hydrogen-bond donors (Lipinski definition) is 3. The van der Waals surface area contributed by atoms with E-state index >= 15 is 0 Å². The van der Waals surface area contributed by atoms with Gasteiger partial charge in [-0.1, -0.05) is 32.9 Å². The zero-order chi connectivity index (χ0) is 21.4. The summed E-state index contributed by atoms with van der Waals surface area (Å²) in [5, 5.41) is -0.154. The van der Waals surface area contributed by atoms with Gasteiger partial charge in [0, 0.05) is 11.1 Å². The van der Waals surface area contributed by atoms with Gasteiger partial charge in [-0.15, -0.1) is 0 Å². The average molecular weight is 404 g/mol. The van der Waals surface area contributed by atoms with Gasteiger partial charge in [-0.2, -0.15) is 13.2 Å². The molecule has 0 fully saturated rings. The Kier molecular flexibility index (Phi) is 5.08. The van der Waals surface area contributed by atoms with Crippen LogP contribution >= 0.6 is 0 Å². The highest BCUT2D eigenvalue weighted by Gasteiger charge is 2.30. The van der Waals surface area contributed by atoms with Crippen molar-refractivity contribution in [2.24, 2.45) is 0 Å². The fourth-order valence-electron chi connectivity index (χ4n) is 2.82. The van der Waals surface area contributed by atoms with Gasteiger partial charge in [0.1, 0.15) is 10.7 Å². The zero-order valence-corrected chi connectivity index (χ0v) is 15.9. The van der Waals surface area contributed by atoms with E-state index in [1.807, 2.05) is 20.8 Å². The topological polar surface area (TPSA) is 94.4 Å². The lowest BCUT2D eigenvalue weighted by atomic mass is 9.90. The van der Waals surface area contributed by atoms with Crippen LogP contribution in [0, 0.1) is 0 Å². The molecule has 29 heavy (non-hydrogen) atoms. The van der Waals surface area contributed by atoms with Crippen molar-refractivity contribution in [1.29, 1.82) is 0 Å². The lowest BCUT2D eigenvalue weighted by Crippen LogP contribution is -2.46. The number of nitrogens with zero attached hydrogens (tertiary/aromatic N) is 1. The summed E-state index contributed by atoms with van der Waals surface area (Å²) in [6.07, 6.45) is -0.370. The molecule has 0 saturated heterocycles. The molecule has 152 valence electrons. The second kappa shape index (κ2) is 7.23. The standard InChI is InChI=1S/C20H19F3N4O2/c1-19(2,3)16-13(24-10-25-16)9-15-18(29)26-14(17(28)27-15)8-11-5-4-6-12(7-11)20(21,22)23/h4-10H,1-3H3,(H,24,25)(H,26,29)(H,27,28). The molecule has 0 saturated carbocycles. The van der Waals surface area contributed by atoms with Gasteiger partial charge >= 0.3 is 6.18 Å². The maximum absolute atomic E-state index is 12.8. The fourth-order valence-corrected chi connectivity index (χ4v) is 2.82. The molecule has 6 nitrogen and oxygen atoms in total. The molecule has 0 aliphatic heterocycles. The van der Waals surface area contributed by atoms with Gasteiger partial charge in [0.2, 0.25) is 0 Å². The number of imidazole rings is 1. The number of aromatic nitrogens is 4. The zero-order valence-electron chi connectivity index (χ0n) is 15.9. The minimum atomic E-state index is -4.50. The maximum atomic E-state index is 12.8. The smallest absolute Gasteiger partial charge is 0.348 e. The van der Waals surface area contributed by atoms with Gasteiger partial charge in [-0.3, -0.25) is 9.59 Å². The van der Waals surface area contributed by atoms with E-state index in [9.17, 15) is 22.8 Å². The van der Waals surface area contributed by atoms with Crippen molar-refractivity contribution in [3.63, 3.8) is 0 Å². The van der Waals surface area contributed by atoms with Gasteiger partial charge in [-0.05, 0) is 29.8 Å². The number of rotatable bonds is 2. The van der Waals surface area contributed by atoms with Gasteiger partial charge in [-0.25, -0.2) is 4.98 Å². The second-order valence-corrected chi connectivity index (χ2v) is 7.56. The summed E-state index contributed by atoms with van der Waals surface area (Å²) >= 11 is 0. The Labute approximate surface area is 162 Å². The van der Waals surface area contributed by atoms with Crippen molar-refractivity contribution >= 4 is 12.2 Å². The first-order valence-corrected chi connectivity index (χ1v) is 8.72. The highest BCUT2D eigenvalue weighted by atomic mass is 19.4. The van der Waals surface area contributed by atoms with Crippen LogP contribution in [0.4, 0.5) is 13.2 Å². The molecule has 9 heteroatoms. The third kappa shape index (κ3) is 4.56. The van der Waals surface area contributed by atoms with Crippen molar-refractivity contribution in [3.05, 3.63) is 84.5 Å². The van der Waals surface area contributed by atoms with Crippen LogP contribution in [-0.2, 0) is 11.6 Å². The highest BCUT2D eigenvalue weighted by molar-refractivity contribution is 5.50. The molecular weight excluding hydrogens is 385 g/mol. The van der Waals surface area contributed by atoms with Crippen LogP contribution in [0.5, 0.6) is 0 Å². The number of aromatic amines is 3. The van der Waals surface area contributed by atoms with E-state index in [0.717, 1.165) is 17.8 Å². The molecule has 0 amide bonds. The van der Waals surface area contributed by atoms with Crippen molar-refractivity contribution in [1.82, 2.24) is 19.9 Å². The van der Waals surface area contributed by atoms with Gasteiger partial charge in [0.25, 0.3) is 11.1 Å². The number of H-pyrrole nitrogens is 3. The van der Waals surface area contributed by atoms with Crippen LogP contribution in [0.1, 0.15) is 43.3 Å². The molecule has 2 aromatic heterocycles. The lowest BCUT2D eigenvalue weighted by Gasteiger charge is -2.16. The summed E-state index contributed by atoms with van der Waals surface area (Å²) in [6.45, 7) is 5.91. The Morgan fingerprint density at radius 3 is 2.17 bits per heavy atom. The Bertz CT molecular complexity index is 1270. The number of alkyl halides is 3. The summed E-state index contributed by atoms with van der Waals surface area (Å²) in [6, 6.07) is 4.47. The van der Waals surface area contributed by atoms with Crippen LogP contribution in [0.15, 0.2) is 40.2 Å². The molecule has 2 heterocycles. The number of halogens is 3. The summed E-state index contributed by atoms with van der Waals surface area (Å²) in [7, 11) is 0. The van der Waals surface area contributed by atoms with Crippen molar-refractivity contribution in [2.75, 3.05) is 0 Å². The molecule has 0 bridgehead atoms. The molecule has 3 N–H and O–H groups in total. The number of nitrogens with one attached hydrogen (secondary N) is 3. The van der Waals surface area contributed by atoms with Crippen molar-refractivity contribution in [2.45, 2.75) is 32.4 Å². The van der Waals surface area contributed by atoms with Crippen LogP contribution in [0.2, 0.25) is 0 Å². The predicted molar refractivity (Wildman–Crippen MR) is 103 cm³/mol. The van der Waals surface area contributed by atoms with E-state index < -0.39 is 22.9 Å². The Morgan fingerprint density at radius 2 is 1.59 bits per heavy atom. The summed E-state index contributed by atoms with van der Waals surface area (Å²) in [5.41, 5.74) is -0.896. The minimum Gasteiger partial charge on any atom is -0.348 e. The van der Waals surface area contributed by atoms with Crippen LogP contribution in [0.25, 0.3) is 12.2 Å². The number of hydrogen-bond acceptors (Lipinski definition) is 3. The second-order valence-electron chi connectivity index (χ2n) is 7.56. The molecule has 1 aromatic carbocycles. The molecule has 0 atom stereocenters. The van der Waals surface area contributed by atoms with Crippen molar-refractivity contribution < 1.29 is 13.2 Å². The van der Waals surface area contributed by atoms with Gasteiger partial charge < -0.3 is 15.0 Å². The van der Waals surface area contributed by atoms with E-state index in [4.69, 9.17) is 0 Å². The molecular formula is C20H19F3N4O2. The predicted octanol–water partition coefficient (Wildman–Crippen LogP) is 1.76. The van der Waals surface area contributed by atoms with Crippen LogP contribution in [0.3, 0.4) is 0 Å².